The van der Waals surface area contributed by atoms with E-state index >= 15 is 0 Å². The number of nitrogens with two attached hydrogens (primary N) is 1. The van der Waals surface area contributed by atoms with Gasteiger partial charge in [0.1, 0.15) is 11.5 Å². The van der Waals surface area contributed by atoms with Crippen molar-refractivity contribution < 1.29 is 17.7 Å². The largest absolute Gasteiger partial charge is 0.496 e. The van der Waals surface area contributed by atoms with Crippen LogP contribution >= 0.6 is 15.9 Å². The summed E-state index contributed by atoms with van der Waals surface area (Å²) in [4.78, 5) is 0. The lowest BCUT2D eigenvalue weighted by atomic mass is 10.1. The Morgan fingerprint density at radius 1 is 1.36 bits per heavy atom. The molecule has 0 amide bonds. The number of halogens is 1. The molecule has 1 aromatic rings. The van der Waals surface area contributed by atoms with Crippen molar-refractivity contribution in [2.75, 3.05) is 20.6 Å². The Hall–Kier alpha value is -0.740. The van der Waals surface area contributed by atoms with Gasteiger partial charge in [0, 0.05) is 0 Å². The zero-order valence-electron chi connectivity index (χ0n) is 13.3. The van der Waals surface area contributed by atoms with E-state index in [2.05, 4.69) is 15.9 Å². The Morgan fingerprint density at radius 2 is 2.07 bits per heavy atom. The van der Waals surface area contributed by atoms with Crippen LogP contribution in [0.25, 0.3) is 0 Å². The maximum Gasteiger partial charge on any atom is 0.133 e. The lowest BCUT2D eigenvalue weighted by Gasteiger charge is -2.11. The molecule has 0 atom stereocenters. The molecule has 0 heterocycles. The minimum absolute atomic E-state index is 0.0753. The Kier molecular flexibility index (Phi) is 2.00. The summed E-state index contributed by atoms with van der Waals surface area (Å²) in [5, 5.41) is 0. The summed E-state index contributed by atoms with van der Waals surface area (Å²) in [7, 11) is -5.20. The van der Waals surface area contributed by atoms with Gasteiger partial charge in [-0.1, -0.05) is 0 Å². The third-order valence-corrected chi connectivity index (χ3v) is 2.37. The fraction of sp³-hybridized carbons (Fsp3) is 0.400. The van der Waals surface area contributed by atoms with Crippen LogP contribution in [0.15, 0.2) is 16.6 Å². The van der Waals surface area contributed by atoms with Gasteiger partial charge in [-0.25, -0.2) is 0 Å². The standard InChI is InChI=1S/C10H14BrNO2/c1-13-9-6-8(11)10(14-2)5-7(9)3-4-12/h5-6H,3-4,12H2,1-2H3/i1D3,2D3. The predicted molar refractivity (Wildman–Crippen MR) is 60.0 cm³/mol. The number of benzene rings is 1. The first kappa shape index (κ1) is 5.37. The van der Waals surface area contributed by atoms with Crippen LogP contribution in [0.1, 0.15) is 13.8 Å². The topological polar surface area (TPSA) is 44.5 Å². The second-order valence-corrected chi connectivity index (χ2v) is 3.49. The van der Waals surface area contributed by atoms with Gasteiger partial charge in [-0.15, -0.1) is 0 Å². The molecule has 3 nitrogen and oxygen atoms in total. The van der Waals surface area contributed by atoms with Gasteiger partial charge in [0.2, 0.25) is 0 Å². The number of methoxy groups -OCH3 is 2. The fourth-order valence-electron chi connectivity index (χ4n) is 1.10. The van der Waals surface area contributed by atoms with Crippen LogP contribution in [-0.2, 0) is 6.42 Å². The Bertz CT molecular complexity index is 474. The highest BCUT2D eigenvalue weighted by atomic mass is 79.9. The van der Waals surface area contributed by atoms with E-state index in [1.807, 2.05) is 0 Å². The first-order valence-electron chi connectivity index (χ1n) is 6.92. The van der Waals surface area contributed by atoms with E-state index in [4.69, 9.17) is 23.4 Å². The van der Waals surface area contributed by atoms with Crippen LogP contribution in [-0.4, -0.2) is 20.6 Å². The van der Waals surface area contributed by atoms with Gasteiger partial charge in [0.25, 0.3) is 0 Å². The quantitative estimate of drug-likeness (QED) is 0.906. The van der Waals surface area contributed by atoms with E-state index in [0.29, 0.717) is 12.0 Å². The normalized spacial score (nSPS) is 18.1. The first-order chi connectivity index (χ1) is 9.02. The average molecular weight is 266 g/mol. The van der Waals surface area contributed by atoms with Crippen molar-refractivity contribution in [2.45, 2.75) is 6.42 Å². The number of hydrogen-bond acceptors (Lipinski definition) is 3. The molecule has 0 saturated carbocycles. The van der Waals surface area contributed by atoms with Crippen molar-refractivity contribution in [1.82, 2.24) is 0 Å². The SMILES string of the molecule is [2H]C([2H])([2H])Oc1cc(CCN)c(OC([2H])([2H])[2H])cc1Br. The van der Waals surface area contributed by atoms with E-state index in [1.54, 1.807) is 0 Å². The van der Waals surface area contributed by atoms with E-state index in [-0.39, 0.29) is 22.5 Å². The van der Waals surface area contributed by atoms with Crippen molar-refractivity contribution in [1.29, 1.82) is 0 Å². The summed E-state index contributed by atoms with van der Waals surface area (Å²) in [6.07, 6.45) is 0.329. The van der Waals surface area contributed by atoms with Gasteiger partial charge in [-0.2, -0.15) is 0 Å². The zero-order valence-corrected chi connectivity index (χ0v) is 8.93. The zero-order chi connectivity index (χ0) is 15.6. The molecule has 0 aromatic heterocycles. The highest BCUT2D eigenvalue weighted by molar-refractivity contribution is 9.10. The smallest absolute Gasteiger partial charge is 0.133 e. The molecule has 14 heavy (non-hydrogen) atoms. The molecular formula is C10H14BrNO2. The highest BCUT2D eigenvalue weighted by Gasteiger charge is 2.08. The summed E-state index contributed by atoms with van der Waals surface area (Å²) in [6, 6.07) is 2.77. The Morgan fingerprint density at radius 3 is 2.71 bits per heavy atom. The minimum atomic E-state index is -2.60. The molecule has 0 saturated heterocycles. The molecular weight excluding hydrogens is 246 g/mol. The van der Waals surface area contributed by atoms with Gasteiger partial charge in [0.15, 0.2) is 0 Å². The molecule has 78 valence electrons. The molecule has 1 aromatic carbocycles. The molecule has 0 unspecified atom stereocenters. The molecule has 0 radical (unpaired) electrons. The van der Waals surface area contributed by atoms with Gasteiger partial charge in [-0.05, 0) is 46.6 Å². The maximum absolute atomic E-state index is 7.11. The summed E-state index contributed by atoms with van der Waals surface area (Å²) >= 11 is 3.12. The maximum atomic E-state index is 7.11. The lowest BCUT2D eigenvalue weighted by Crippen LogP contribution is -2.04. The summed E-state index contributed by atoms with van der Waals surface area (Å²) in [5.74, 6) is 0.187. The van der Waals surface area contributed by atoms with Crippen LogP contribution in [0.5, 0.6) is 11.5 Å². The number of rotatable bonds is 4. The van der Waals surface area contributed by atoms with Gasteiger partial charge < -0.3 is 15.2 Å². The fourth-order valence-corrected chi connectivity index (χ4v) is 1.50. The lowest BCUT2D eigenvalue weighted by molar-refractivity contribution is 0.397. The summed E-state index contributed by atoms with van der Waals surface area (Å²) in [6.45, 7) is 0.256. The third-order valence-electron chi connectivity index (χ3n) is 1.75. The molecule has 0 fully saturated rings. The molecule has 0 aliphatic rings. The molecule has 2 N–H and O–H groups in total. The van der Waals surface area contributed by atoms with E-state index in [0.717, 1.165) is 0 Å². The molecule has 0 bridgehead atoms. The third kappa shape index (κ3) is 2.39. The van der Waals surface area contributed by atoms with Crippen LogP contribution in [0.3, 0.4) is 0 Å². The van der Waals surface area contributed by atoms with Crippen LogP contribution in [0.2, 0.25) is 0 Å². The van der Waals surface area contributed by atoms with Crippen LogP contribution < -0.4 is 15.2 Å². The van der Waals surface area contributed by atoms with Gasteiger partial charge >= 0.3 is 0 Å². The minimum Gasteiger partial charge on any atom is -0.496 e. The molecule has 0 spiro atoms. The molecule has 1 rings (SSSR count). The average Bonchev–Trinajstić information content (AvgIpc) is 2.20. The van der Waals surface area contributed by atoms with Crippen molar-refractivity contribution >= 4 is 15.9 Å². The van der Waals surface area contributed by atoms with Crippen molar-refractivity contribution in [3.05, 3.63) is 22.2 Å². The highest BCUT2D eigenvalue weighted by Crippen LogP contribution is 2.32. The second-order valence-electron chi connectivity index (χ2n) is 2.63. The Labute approximate surface area is 101 Å². The first-order valence-corrected chi connectivity index (χ1v) is 4.71. The van der Waals surface area contributed by atoms with Crippen LogP contribution in [0, 0.1) is 0 Å². The molecule has 4 heteroatoms. The van der Waals surface area contributed by atoms with E-state index in [1.165, 1.54) is 12.1 Å². The van der Waals surface area contributed by atoms with E-state index in [9.17, 15) is 0 Å². The van der Waals surface area contributed by atoms with Gasteiger partial charge in [-0.3, -0.25) is 0 Å². The molecule has 0 aliphatic carbocycles. The van der Waals surface area contributed by atoms with Crippen molar-refractivity contribution in [3.63, 3.8) is 0 Å². The number of ether oxygens (including phenoxy) is 2. The van der Waals surface area contributed by atoms with E-state index < -0.39 is 14.1 Å². The second kappa shape index (κ2) is 5.22. The number of hydrogen-bond donors (Lipinski definition) is 1. The molecule has 0 aliphatic heterocycles. The van der Waals surface area contributed by atoms with Crippen molar-refractivity contribution in [2.24, 2.45) is 5.73 Å². The van der Waals surface area contributed by atoms with Crippen molar-refractivity contribution in [3.8, 4) is 11.5 Å². The summed E-state index contributed by atoms with van der Waals surface area (Å²) in [5.41, 5.74) is 5.91. The van der Waals surface area contributed by atoms with Gasteiger partial charge in [0.05, 0.1) is 26.8 Å². The van der Waals surface area contributed by atoms with Crippen LogP contribution in [0.4, 0.5) is 0 Å². The summed E-state index contributed by atoms with van der Waals surface area (Å²) < 4.78 is 52.5. The Balaban J connectivity index is 3.17. The monoisotopic (exact) mass is 265 g/mol. The predicted octanol–water partition coefficient (Wildman–Crippen LogP) is 1.97.